The molecule has 0 amide bonds. The largest absolute Gasteiger partial charge is 0.488 e. The first-order valence-electron chi connectivity index (χ1n) is 11.8. The summed E-state index contributed by atoms with van der Waals surface area (Å²) >= 11 is 0. The molecular weight excluding hydrogens is 389 g/mol. The van der Waals surface area contributed by atoms with Gasteiger partial charge in [0.2, 0.25) is 0 Å². The number of benzene rings is 1. The highest BCUT2D eigenvalue weighted by molar-refractivity contribution is 7.19. The maximum absolute atomic E-state index is 12.0. The van der Waals surface area contributed by atoms with Gasteiger partial charge in [0.25, 0.3) is 0 Å². The van der Waals surface area contributed by atoms with Crippen LogP contribution in [0.5, 0.6) is 5.75 Å². The quantitative estimate of drug-likeness (QED) is 0.624. The summed E-state index contributed by atoms with van der Waals surface area (Å²) in [6.45, 7) is 16.6. The molecule has 0 aromatic heterocycles. The first-order chi connectivity index (χ1) is 13.8. The summed E-state index contributed by atoms with van der Waals surface area (Å²) in [5.41, 5.74) is 3.31. The zero-order chi connectivity index (χ0) is 21.9. The van der Waals surface area contributed by atoms with Gasteiger partial charge in [-0.1, -0.05) is 32.9 Å². The van der Waals surface area contributed by atoms with Crippen molar-refractivity contribution in [3.8, 4) is 5.75 Å². The van der Waals surface area contributed by atoms with Crippen molar-refractivity contribution in [1.29, 1.82) is 0 Å². The molecule has 3 saturated carbocycles. The minimum Gasteiger partial charge on any atom is -0.488 e. The van der Waals surface area contributed by atoms with Crippen molar-refractivity contribution in [3.63, 3.8) is 0 Å². The fourth-order valence-electron chi connectivity index (χ4n) is 8.12. The Hall–Kier alpha value is -0.630. The molecule has 2 heterocycles. The van der Waals surface area contributed by atoms with Gasteiger partial charge in [-0.05, 0) is 81.9 Å². The third-order valence-electron chi connectivity index (χ3n) is 10.3. The van der Waals surface area contributed by atoms with Crippen LogP contribution in [0.25, 0.3) is 0 Å². The van der Waals surface area contributed by atoms with Crippen LogP contribution in [-0.4, -0.2) is 34.6 Å². The number of piperidine rings is 1. The zero-order valence-electron chi connectivity index (χ0n) is 19.9. The van der Waals surface area contributed by atoms with Crippen LogP contribution in [0.4, 0.5) is 0 Å². The highest BCUT2D eigenvalue weighted by Gasteiger charge is 2.78. The van der Waals surface area contributed by atoms with Gasteiger partial charge in [-0.15, -0.1) is 9.24 Å². The molecule has 1 aromatic rings. The van der Waals surface area contributed by atoms with Crippen molar-refractivity contribution in [1.82, 2.24) is 5.32 Å². The number of hydrogen-bond acceptors (Lipinski definition) is 3. The summed E-state index contributed by atoms with van der Waals surface area (Å²) in [5, 5.41) is 15.7. The van der Waals surface area contributed by atoms with Crippen LogP contribution in [0.1, 0.15) is 77.0 Å². The Labute approximate surface area is 184 Å². The number of rotatable bonds is 1. The molecule has 2 aliphatic heterocycles. The minimum atomic E-state index is -0.770. The summed E-state index contributed by atoms with van der Waals surface area (Å²) in [5.74, 6) is 1.32. The van der Waals surface area contributed by atoms with E-state index >= 15 is 0 Å². The van der Waals surface area contributed by atoms with Crippen molar-refractivity contribution < 1.29 is 9.84 Å². The lowest BCUT2D eigenvalue weighted by atomic mass is 9.36. The minimum absolute atomic E-state index is 0.0353. The van der Waals surface area contributed by atoms with Crippen molar-refractivity contribution in [2.45, 2.75) is 102 Å². The molecule has 3 aliphatic carbocycles. The SMILES string of the molecule is Cc1ccc(C)c2c1OC1C3(P)CCC4(CC3C(C)(O)C(C)(C)C)C(C)NCCC214. The second-order valence-corrected chi connectivity index (χ2v) is 13.3. The normalized spacial score (nSPS) is 44.0. The summed E-state index contributed by atoms with van der Waals surface area (Å²) in [7, 11) is 3.27. The monoisotopic (exact) mass is 429 g/mol. The van der Waals surface area contributed by atoms with Crippen LogP contribution < -0.4 is 10.1 Å². The standard InChI is InChI=1S/C26H40NO2P/c1-15-8-9-16(2)20-19(15)25-12-13-27-17(3)24(25)10-11-26(30,21(25)29-20)18(14-24)23(7,28)22(4,5)6/h8-9,17-18,21,27-28H,10-14,30H2,1-7H3. The fourth-order valence-corrected chi connectivity index (χ4v) is 9.06. The molecular formula is C26H40NO2P. The lowest BCUT2D eigenvalue weighted by Crippen LogP contribution is -2.79. The molecule has 5 aliphatic rings. The Morgan fingerprint density at radius 2 is 1.77 bits per heavy atom. The number of aryl methyl sites for hydroxylation is 2. The van der Waals surface area contributed by atoms with E-state index in [1.165, 1.54) is 23.1 Å². The number of ether oxygens (including phenoxy) is 1. The molecule has 2 N–H and O–H groups in total. The van der Waals surface area contributed by atoms with Gasteiger partial charge in [-0.3, -0.25) is 0 Å². The predicted molar refractivity (Wildman–Crippen MR) is 126 cm³/mol. The molecule has 4 fully saturated rings. The van der Waals surface area contributed by atoms with E-state index in [1.54, 1.807) is 0 Å². The van der Waals surface area contributed by atoms with E-state index in [0.29, 0.717) is 6.04 Å². The highest BCUT2D eigenvalue weighted by Crippen LogP contribution is 2.76. The molecule has 30 heavy (non-hydrogen) atoms. The van der Waals surface area contributed by atoms with Gasteiger partial charge < -0.3 is 15.2 Å². The van der Waals surface area contributed by atoms with Crippen molar-refractivity contribution >= 4 is 9.24 Å². The fraction of sp³-hybridized carbons (Fsp3) is 0.769. The summed E-state index contributed by atoms with van der Waals surface area (Å²) < 4.78 is 7.04. The van der Waals surface area contributed by atoms with Crippen LogP contribution in [0.2, 0.25) is 0 Å². The lowest BCUT2D eigenvalue weighted by molar-refractivity contribution is -0.210. The topological polar surface area (TPSA) is 41.5 Å². The summed E-state index contributed by atoms with van der Waals surface area (Å²) in [6, 6.07) is 4.94. The molecule has 8 atom stereocenters. The van der Waals surface area contributed by atoms with Crippen molar-refractivity contribution in [2.24, 2.45) is 16.7 Å². The number of fused-ring (bicyclic) bond motifs is 3. The molecule has 0 radical (unpaired) electrons. The number of hydrogen-bond donors (Lipinski definition) is 2. The first kappa shape index (κ1) is 21.2. The molecule has 2 spiro atoms. The zero-order valence-corrected chi connectivity index (χ0v) is 21.0. The van der Waals surface area contributed by atoms with E-state index in [2.05, 4.69) is 75.2 Å². The van der Waals surface area contributed by atoms with Gasteiger partial charge >= 0.3 is 0 Å². The smallest absolute Gasteiger partial charge is 0.126 e. The van der Waals surface area contributed by atoms with Crippen LogP contribution in [0.3, 0.4) is 0 Å². The van der Waals surface area contributed by atoms with Crippen molar-refractivity contribution in [3.05, 3.63) is 28.8 Å². The molecule has 4 heteroatoms. The summed E-state index contributed by atoms with van der Waals surface area (Å²) in [4.78, 5) is 0. The molecule has 166 valence electrons. The number of aliphatic hydroxyl groups is 1. The van der Waals surface area contributed by atoms with Crippen LogP contribution in [-0.2, 0) is 5.41 Å². The van der Waals surface area contributed by atoms with E-state index in [4.69, 9.17) is 4.74 Å². The van der Waals surface area contributed by atoms with Gasteiger partial charge in [-0.2, -0.15) is 0 Å². The van der Waals surface area contributed by atoms with E-state index in [-0.39, 0.29) is 33.4 Å². The Bertz CT molecular complexity index is 905. The van der Waals surface area contributed by atoms with Gasteiger partial charge in [0.15, 0.2) is 0 Å². The van der Waals surface area contributed by atoms with E-state index in [9.17, 15) is 5.11 Å². The van der Waals surface area contributed by atoms with Crippen LogP contribution in [0, 0.1) is 30.6 Å². The molecule has 1 saturated heterocycles. The highest BCUT2D eigenvalue weighted by atomic mass is 31.0. The third kappa shape index (κ3) is 2.18. The second-order valence-electron chi connectivity index (χ2n) is 12.2. The van der Waals surface area contributed by atoms with Crippen molar-refractivity contribution in [2.75, 3.05) is 6.54 Å². The summed E-state index contributed by atoms with van der Waals surface area (Å²) in [6.07, 6.45) is 4.59. The van der Waals surface area contributed by atoms with Gasteiger partial charge in [0, 0.05) is 28.1 Å². The second kappa shape index (κ2) is 6.03. The Kier molecular flexibility index (Phi) is 4.27. The molecule has 1 aromatic carbocycles. The van der Waals surface area contributed by atoms with Gasteiger partial charge in [-0.25, -0.2) is 0 Å². The van der Waals surface area contributed by atoms with Crippen LogP contribution in [0.15, 0.2) is 12.1 Å². The molecule has 3 nitrogen and oxygen atoms in total. The average Bonchev–Trinajstić information content (AvgIpc) is 3.03. The molecule has 2 bridgehead atoms. The Morgan fingerprint density at radius 3 is 2.43 bits per heavy atom. The lowest BCUT2D eigenvalue weighted by Gasteiger charge is -2.73. The Balaban J connectivity index is 1.79. The maximum atomic E-state index is 12.0. The van der Waals surface area contributed by atoms with E-state index < -0.39 is 5.60 Å². The first-order valence-corrected chi connectivity index (χ1v) is 12.4. The van der Waals surface area contributed by atoms with Gasteiger partial charge in [0.05, 0.1) is 5.60 Å². The predicted octanol–water partition coefficient (Wildman–Crippen LogP) is 4.90. The third-order valence-corrected chi connectivity index (χ3v) is 11.3. The average molecular weight is 430 g/mol. The number of nitrogens with one attached hydrogen (secondary N) is 1. The maximum Gasteiger partial charge on any atom is 0.126 e. The molecule has 8 unspecified atom stereocenters. The molecule has 6 rings (SSSR count). The van der Waals surface area contributed by atoms with E-state index in [1.807, 2.05) is 0 Å². The van der Waals surface area contributed by atoms with Gasteiger partial charge in [0.1, 0.15) is 11.9 Å². The Morgan fingerprint density at radius 1 is 1.10 bits per heavy atom. The van der Waals surface area contributed by atoms with E-state index in [0.717, 1.165) is 31.6 Å². The van der Waals surface area contributed by atoms with Crippen LogP contribution >= 0.6 is 9.24 Å².